The maximum absolute atomic E-state index is 12.0. The molecule has 0 aliphatic heterocycles. The van der Waals surface area contributed by atoms with Crippen molar-refractivity contribution < 1.29 is 17.9 Å². The van der Waals surface area contributed by atoms with E-state index in [4.69, 9.17) is 5.73 Å². The van der Waals surface area contributed by atoms with Crippen molar-refractivity contribution >= 4 is 24.8 Å². The smallest absolute Gasteiger partial charge is 0.406 e. The summed E-state index contributed by atoms with van der Waals surface area (Å²) in [5.74, 6) is -0.258. The van der Waals surface area contributed by atoms with Crippen LogP contribution in [0.1, 0.15) is 5.69 Å². The van der Waals surface area contributed by atoms with Crippen LogP contribution in [0.15, 0.2) is 42.5 Å². The van der Waals surface area contributed by atoms with Gasteiger partial charge in [0.05, 0.1) is 11.4 Å². The van der Waals surface area contributed by atoms with Gasteiger partial charge in [-0.25, -0.2) is 0 Å². The predicted molar refractivity (Wildman–Crippen MR) is 78.7 cm³/mol. The van der Waals surface area contributed by atoms with Gasteiger partial charge in [-0.15, -0.1) is 38.0 Å². The first-order valence-electron chi connectivity index (χ1n) is 5.50. The molecule has 1 heterocycles. The molecule has 3 nitrogen and oxygen atoms in total. The number of hydrogen-bond acceptors (Lipinski definition) is 3. The summed E-state index contributed by atoms with van der Waals surface area (Å²) in [6.07, 6.45) is -4.68. The van der Waals surface area contributed by atoms with Gasteiger partial charge in [0, 0.05) is 12.1 Å². The number of ether oxygens (including phenoxy) is 1. The standard InChI is InChI=1S/C13H11F3N2O.2ClH/c14-13(15,16)19-11-6-4-9(5-7-11)12-3-1-2-10(8-17)18-12;;/h1-7H,8,17H2;2*1H. The second-order valence-corrected chi connectivity index (χ2v) is 3.79. The summed E-state index contributed by atoms with van der Waals surface area (Å²) in [4.78, 5) is 4.28. The summed E-state index contributed by atoms with van der Waals surface area (Å²) in [7, 11) is 0. The molecule has 0 bridgehead atoms. The number of halogens is 5. The van der Waals surface area contributed by atoms with Gasteiger partial charge in [-0.05, 0) is 36.4 Å². The molecule has 0 aliphatic rings. The molecule has 0 atom stereocenters. The minimum Gasteiger partial charge on any atom is -0.406 e. The van der Waals surface area contributed by atoms with Crippen molar-refractivity contribution in [3.63, 3.8) is 0 Å². The molecule has 2 aromatic rings. The van der Waals surface area contributed by atoms with E-state index in [-0.39, 0.29) is 30.6 Å². The van der Waals surface area contributed by atoms with Crippen molar-refractivity contribution in [2.24, 2.45) is 5.73 Å². The van der Waals surface area contributed by atoms with Crippen molar-refractivity contribution in [2.45, 2.75) is 12.9 Å². The fraction of sp³-hybridized carbons (Fsp3) is 0.154. The Morgan fingerprint density at radius 1 is 1.00 bits per heavy atom. The molecular weight excluding hydrogens is 328 g/mol. The highest BCUT2D eigenvalue weighted by Gasteiger charge is 2.30. The van der Waals surface area contributed by atoms with E-state index in [2.05, 4.69) is 9.72 Å². The summed E-state index contributed by atoms with van der Waals surface area (Å²) >= 11 is 0. The third-order valence-corrected chi connectivity index (χ3v) is 2.40. The zero-order valence-corrected chi connectivity index (χ0v) is 12.3. The molecule has 2 rings (SSSR count). The summed E-state index contributed by atoms with van der Waals surface area (Å²) < 4.78 is 39.8. The van der Waals surface area contributed by atoms with Crippen LogP contribution in [0.4, 0.5) is 13.2 Å². The van der Waals surface area contributed by atoms with Crippen molar-refractivity contribution in [1.29, 1.82) is 0 Å². The van der Waals surface area contributed by atoms with Crippen LogP contribution in [0.3, 0.4) is 0 Å². The Labute approximate surface area is 132 Å². The Bertz CT molecular complexity index is 562. The van der Waals surface area contributed by atoms with Crippen LogP contribution >= 0.6 is 24.8 Å². The highest BCUT2D eigenvalue weighted by Crippen LogP contribution is 2.25. The van der Waals surface area contributed by atoms with Gasteiger partial charge in [-0.3, -0.25) is 4.98 Å². The molecule has 0 radical (unpaired) electrons. The van der Waals surface area contributed by atoms with Crippen LogP contribution in [0.25, 0.3) is 11.3 Å². The molecule has 0 spiro atoms. The maximum Gasteiger partial charge on any atom is 0.573 e. The SMILES string of the molecule is Cl.Cl.NCc1cccc(-c2ccc(OC(F)(F)F)cc2)n1. The lowest BCUT2D eigenvalue weighted by atomic mass is 10.1. The first-order valence-corrected chi connectivity index (χ1v) is 5.50. The van der Waals surface area contributed by atoms with Crippen molar-refractivity contribution in [1.82, 2.24) is 4.98 Å². The molecule has 0 aliphatic carbocycles. The van der Waals surface area contributed by atoms with E-state index >= 15 is 0 Å². The summed E-state index contributed by atoms with van der Waals surface area (Å²) in [6, 6.07) is 10.9. The predicted octanol–water partition coefficient (Wildman–Crippen LogP) is 3.95. The van der Waals surface area contributed by atoms with Crippen molar-refractivity contribution in [3.8, 4) is 17.0 Å². The maximum atomic E-state index is 12.0. The van der Waals surface area contributed by atoms with E-state index in [0.717, 1.165) is 0 Å². The van der Waals surface area contributed by atoms with Crippen molar-refractivity contribution in [3.05, 3.63) is 48.2 Å². The van der Waals surface area contributed by atoms with Crippen LogP contribution in [0.5, 0.6) is 5.75 Å². The number of hydrogen-bond donors (Lipinski definition) is 1. The fourth-order valence-electron chi connectivity index (χ4n) is 1.58. The molecule has 0 saturated heterocycles. The molecule has 116 valence electrons. The number of alkyl halides is 3. The summed E-state index contributed by atoms with van der Waals surface area (Å²) in [5, 5.41) is 0. The van der Waals surface area contributed by atoms with E-state index in [1.807, 2.05) is 0 Å². The second kappa shape index (κ2) is 8.07. The highest BCUT2D eigenvalue weighted by molar-refractivity contribution is 5.85. The molecule has 0 fully saturated rings. The minimum absolute atomic E-state index is 0. The Kier molecular flexibility index (Phi) is 7.49. The minimum atomic E-state index is -4.68. The number of aromatic nitrogens is 1. The van der Waals surface area contributed by atoms with Gasteiger partial charge in [0.15, 0.2) is 0 Å². The average Bonchev–Trinajstić information content (AvgIpc) is 2.38. The Morgan fingerprint density at radius 3 is 2.14 bits per heavy atom. The molecular formula is C13H13Cl2F3N2O. The van der Waals surface area contributed by atoms with E-state index in [1.165, 1.54) is 24.3 Å². The third-order valence-electron chi connectivity index (χ3n) is 2.40. The first-order chi connectivity index (χ1) is 8.98. The molecule has 0 unspecified atom stereocenters. The van der Waals surface area contributed by atoms with Crippen LogP contribution in [-0.4, -0.2) is 11.3 Å². The van der Waals surface area contributed by atoms with Crippen LogP contribution in [0.2, 0.25) is 0 Å². The van der Waals surface area contributed by atoms with Crippen LogP contribution in [-0.2, 0) is 6.54 Å². The molecule has 8 heteroatoms. The summed E-state index contributed by atoms with van der Waals surface area (Å²) in [6.45, 7) is 0.309. The molecule has 1 aromatic heterocycles. The molecule has 1 aromatic carbocycles. The van der Waals surface area contributed by atoms with Gasteiger partial charge in [-0.2, -0.15) is 0 Å². The fourth-order valence-corrected chi connectivity index (χ4v) is 1.58. The quantitative estimate of drug-likeness (QED) is 0.920. The van der Waals surface area contributed by atoms with E-state index in [9.17, 15) is 13.2 Å². The lowest BCUT2D eigenvalue weighted by Gasteiger charge is -2.09. The highest BCUT2D eigenvalue weighted by atomic mass is 35.5. The largest absolute Gasteiger partial charge is 0.573 e. The molecule has 2 N–H and O–H groups in total. The molecule has 21 heavy (non-hydrogen) atoms. The van der Waals surface area contributed by atoms with Crippen molar-refractivity contribution in [2.75, 3.05) is 0 Å². The van der Waals surface area contributed by atoms with Gasteiger partial charge >= 0.3 is 6.36 Å². The number of nitrogens with zero attached hydrogens (tertiary/aromatic N) is 1. The normalized spacial score (nSPS) is 10.3. The summed E-state index contributed by atoms with van der Waals surface area (Å²) in [5.41, 5.74) is 7.55. The van der Waals surface area contributed by atoms with Gasteiger partial charge in [0.25, 0.3) is 0 Å². The zero-order chi connectivity index (χ0) is 13.9. The zero-order valence-electron chi connectivity index (χ0n) is 10.6. The van der Waals surface area contributed by atoms with Crippen LogP contribution in [0, 0.1) is 0 Å². The van der Waals surface area contributed by atoms with Gasteiger partial charge in [0.2, 0.25) is 0 Å². The van der Waals surface area contributed by atoms with Crippen LogP contribution < -0.4 is 10.5 Å². The van der Waals surface area contributed by atoms with Gasteiger partial charge < -0.3 is 10.5 Å². The van der Waals surface area contributed by atoms with Gasteiger partial charge in [-0.1, -0.05) is 6.07 Å². The first kappa shape index (κ1) is 19.5. The molecule has 0 saturated carbocycles. The number of benzene rings is 1. The average molecular weight is 341 g/mol. The topological polar surface area (TPSA) is 48.1 Å². The Hall–Kier alpha value is -1.50. The van der Waals surface area contributed by atoms with E-state index in [1.54, 1.807) is 18.2 Å². The third kappa shape index (κ3) is 5.79. The van der Waals surface area contributed by atoms with Gasteiger partial charge in [0.1, 0.15) is 5.75 Å². The Balaban J connectivity index is 0.00000200. The monoisotopic (exact) mass is 340 g/mol. The molecule has 0 amide bonds. The lowest BCUT2D eigenvalue weighted by Crippen LogP contribution is -2.16. The van der Waals surface area contributed by atoms with E-state index in [0.29, 0.717) is 23.5 Å². The second-order valence-electron chi connectivity index (χ2n) is 3.79. The lowest BCUT2D eigenvalue weighted by molar-refractivity contribution is -0.274. The number of pyridine rings is 1. The number of rotatable bonds is 3. The number of nitrogens with two attached hydrogens (primary N) is 1. The van der Waals surface area contributed by atoms with E-state index < -0.39 is 6.36 Å². The Morgan fingerprint density at radius 2 is 1.62 bits per heavy atom.